The molecule has 1 aliphatic heterocycles. The Morgan fingerprint density at radius 1 is 1.07 bits per heavy atom. The Balaban J connectivity index is 1.46. The molecular formula is C21H24N2O4S. The number of methoxy groups -OCH3 is 1. The summed E-state index contributed by atoms with van der Waals surface area (Å²) >= 11 is 4.33. The van der Waals surface area contributed by atoms with Crippen molar-refractivity contribution in [3.05, 3.63) is 54.1 Å². The Morgan fingerprint density at radius 3 is 2.39 bits per heavy atom. The van der Waals surface area contributed by atoms with Crippen LogP contribution >= 0.6 is 12.6 Å². The van der Waals surface area contributed by atoms with Gasteiger partial charge in [0.15, 0.2) is 18.1 Å². The molecule has 148 valence electrons. The molecule has 0 bridgehead atoms. The highest BCUT2D eigenvalue weighted by Gasteiger charge is 2.25. The molecule has 2 amide bonds. The van der Waals surface area contributed by atoms with Crippen molar-refractivity contribution < 1.29 is 19.1 Å². The zero-order chi connectivity index (χ0) is 19.9. The molecule has 2 aromatic carbocycles. The maximum absolute atomic E-state index is 12.4. The summed E-state index contributed by atoms with van der Waals surface area (Å²) in [5, 5.41) is 3.03. The number of nitrogens with zero attached hydrogens (tertiary/aromatic N) is 1. The zero-order valence-electron chi connectivity index (χ0n) is 15.8. The fraction of sp³-hybridized carbons (Fsp3) is 0.333. The molecule has 0 unspecified atom stereocenters. The van der Waals surface area contributed by atoms with E-state index in [9.17, 15) is 9.59 Å². The van der Waals surface area contributed by atoms with Gasteiger partial charge in [-0.25, -0.2) is 0 Å². The van der Waals surface area contributed by atoms with Gasteiger partial charge in [0.2, 0.25) is 0 Å². The normalized spacial score (nSPS) is 14.4. The molecule has 0 radical (unpaired) electrons. The van der Waals surface area contributed by atoms with Crippen molar-refractivity contribution in [1.82, 2.24) is 10.2 Å². The van der Waals surface area contributed by atoms with E-state index in [1.54, 1.807) is 36.3 Å². The second kappa shape index (κ2) is 9.50. The molecule has 1 saturated heterocycles. The Labute approximate surface area is 170 Å². The van der Waals surface area contributed by atoms with E-state index in [-0.39, 0.29) is 24.5 Å². The minimum absolute atomic E-state index is 0.0373. The molecule has 6 nitrogen and oxygen atoms in total. The van der Waals surface area contributed by atoms with Crippen molar-refractivity contribution in [3.63, 3.8) is 0 Å². The van der Waals surface area contributed by atoms with Crippen LogP contribution in [0.2, 0.25) is 0 Å². The summed E-state index contributed by atoms with van der Waals surface area (Å²) in [5.41, 5.74) is 0.564. The summed E-state index contributed by atoms with van der Waals surface area (Å²) < 4.78 is 10.8. The molecule has 1 aliphatic rings. The lowest BCUT2D eigenvalue weighted by Crippen LogP contribution is -2.47. The molecule has 2 aromatic rings. The van der Waals surface area contributed by atoms with Crippen LogP contribution in [-0.4, -0.2) is 49.6 Å². The topological polar surface area (TPSA) is 67.9 Å². The van der Waals surface area contributed by atoms with E-state index in [2.05, 4.69) is 17.9 Å². The summed E-state index contributed by atoms with van der Waals surface area (Å²) in [6.45, 7) is 1.13. The minimum atomic E-state index is -0.130. The first kappa shape index (κ1) is 20.1. The van der Waals surface area contributed by atoms with Crippen molar-refractivity contribution in [2.45, 2.75) is 23.8 Å². The maximum atomic E-state index is 12.4. The van der Waals surface area contributed by atoms with Gasteiger partial charge in [0.25, 0.3) is 11.8 Å². The summed E-state index contributed by atoms with van der Waals surface area (Å²) in [7, 11) is 1.56. The predicted octanol–water partition coefficient (Wildman–Crippen LogP) is 2.78. The lowest BCUT2D eigenvalue weighted by molar-refractivity contribution is -0.134. The van der Waals surface area contributed by atoms with Crippen LogP contribution < -0.4 is 14.8 Å². The van der Waals surface area contributed by atoms with Crippen LogP contribution in [0.4, 0.5) is 0 Å². The molecule has 3 rings (SSSR count). The highest BCUT2D eigenvalue weighted by molar-refractivity contribution is 7.80. The molecule has 0 spiro atoms. The summed E-state index contributed by atoms with van der Waals surface area (Å²) in [6, 6.07) is 14.5. The standard InChI is InChI=1S/C21H24N2O4S/c1-26-17-7-3-4-8-18(17)27-14-20(24)23-12-10-15(11-13-23)22-21(25)16-6-2-5-9-19(16)28/h2-9,15,28H,10-14H2,1H3,(H,22,25). The fourth-order valence-corrected chi connectivity index (χ4v) is 3.43. The SMILES string of the molecule is COc1ccccc1OCC(=O)N1CCC(NC(=O)c2ccccc2S)CC1. The quantitative estimate of drug-likeness (QED) is 0.732. The van der Waals surface area contributed by atoms with Crippen LogP contribution in [0.1, 0.15) is 23.2 Å². The number of hydrogen-bond acceptors (Lipinski definition) is 5. The van der Waals surface area contributed by atoms with Crippen LogP contribution in [0.15, 0.2) is 53.4 Å². The van der Waals surface area contributed by atoms with E-state index in [1.807, 2.05) is 24.3 Å². The van der Waals surface area contributed by atoms with Crippen molar-refractivity contribution in [2.24, 2.45) is 0 Å². The van der Waals surface area contributed by atoms with Gasteiger partial charge in [0.1, 0.15) is 0 Å². The van der Waals surface area contributed by atoms with Gasteiger partial charge in [-0.05, 0) is 37.1 Å². The fourth-order valence-electron chi connectivity index (χ4n) is 3.17. The van der Waals surface area contributed by atoms with Crippen LogP contribution in [0, 0.1) is 0 Å². The highest BCUT2D eigenvalue weighted by atomic mass is 32.1. The zero-order valence-corrected chi connectivity index (χ0v) is 16.7. The third-order valence-electron chi connectivity index (χ3n) is 4.75. The van der Waals surface area contributed by atoms with Gasteiger partial charge in [-0.1, -0.05) is 24.3 Å². The Hall–Kier alpha value is -2.67. The first-order valence-electron chi connectivity index (χ1n) is 9.21. The van der Waals surface area contributed by atoms with Gasteiger partial charge >= 0.3 is 0 Å². The summed E-state index contributed by atoms with van der Waals surface area (Å²) in [6.07, 6.45) is 1.42. The number of ether oxygens (including phenoxy) is 2. The molecule has 28 heavy (non-hydrogen) atoms. The highest BCUT2D eigenvalue weighted by Crippen LogP contribution is 2.25. The van der Waals surface area contributed by atoms with Crippen LogP contribution in [0.5, 0.6) is 11.5 Å². The Kier molecular flexibility index (Phi) is 6.81. The molecule has 0 saturated carbocycles. The average Bonchev–Trinajstić information content (AvgIpc) is 2.73. The van der Waals surface area contributed by atoms with Gasteiger partial charge in [-0.3, -0.25) is 9.59 Å². The van der Waals surface area contributed by atoms with E-state index in [0.717, 1.165) is 0 Å². The molecule has 1 heterocycles. The van der Waals surface area contributed by atoms with Crippen molar-refractivity contribution >= 4 is 24.4 Å². The second-order valence-electron chi connectivity index (χ2n) is 6.59. The van der Waals surface area contributed by atoms with Crippen LogP contribution in [-0.2, 0) is 4.79 Å². The number of carbonyl (C=O) groups is 2. The lowest BCUT2D eigenvalue weighted by Gasteiger charge is -2.32. The third kappa shape index (κ3) is 4.98. The maximum Gasteiger partial charge on any atom is 0.260 e. The number of thiol groups is 1. The molecule has 0 atom stereocenters. The van der Waals surface area contributed by atoms with E-state index in [1.165, 1.54) is 0 Å². The number of nitrogens with one attached hydrogen (secondary N) is 1. The van der Waals surface area contributed by atoms with E-state index in [4.69, 9.17) is 9.47 Å². The molecular weight excluding hydrogens is 376 g/mol. The molecule has 0 aromatic heterocycles. The largest absolute Gasteiger partial charge is 0.493 e. The number of rotatable bonds is 6. The van der Waals surface area contributed by atoms with Gasteiger partial charge in [-0.15, -0.1) is 12.6 Å². The number of piperidine rings is 1. The van der Waals surface area contributed by atoms with Gasteiger partial charge in [0, 0.05) is 24.0 Å². The Morgan fingerprint density at radius 2 is 1.71 bits per heavy atom. The number of amides is 2. The van der Waals surface area contributed by atoms with E-state index >= 15 is 0 Å². The number of benzene rings is 2. The van der Waals surface area contributed by atoms with E-state index in [0.29, 0.717) is 47.9 Å². The van der Waals surface area contributed by atoms with Gasteiger partial charge < -0.3 is 19.7 Å². The smallest absolute Gasteiger partial charge is 0.260 e. The summed E-state index contributed by atoms with van der Waals surface area (Å²) in [4.78, 5) is 27.2. The monoisotopic (exact) mass is 400 g/mol. The van der Waals surface area contributed by atoms with Crippen molar-refractivity contribution in [1.29, 1.82) is 0 Å². The number of likely N-dealkylation sites (tertiary alicyclic amines) is 1. The third-order valence-corrected chi connectivity index (χ3v) is 5.14. The number of carbonyl (C=O) groups excluding carboxylic acids is 2. The number of hydrogen-bond donors (Lipinski definition) is 2. The van der Waals surface area contributed by atoms with Gasteiger partial charge in [0.05, 0.1) is 12.7 Å². The Bertz CT molecular complexity index is 835. The lowest BCUT2D eigenvalue weighted by atomic mass is 10.0. The molecule has 0 aliphatic carbocycles. The molecule has 1 N–H and O–H groups in total. The molecule has 7 heteroatoms. The predicted molar refractivity (Wildman–Crippen MR) is 109 cm³/mol. The second-order valence-corrected chi connectivity index (χ2v) is 7.07. The van der Waals surface area contributed by atoms with E-state index < -0.39 is 0 Å². The first-order chi connectivity index (χ1) is 13.6. The minimum Gasteiger partial charge on any atom is -0.493 e. The first-order valence-corrected chi connectivity index (χ1v) is 9.65. The van der Waals surface area contributed by atoms with Gasteiger partial charge in [-0.2, -0.15) is 0 Å². The molecule has 1 fully saturated rings. The van der Waals surface area contributed by atoms with Crippen molar-refractivity contribution in [2.75, 3.05) is 26.8 Å². The van der Waals surface area contributed by atoms with Crippen molar-refractivity contribution in [3.8, 4) is 11.5 Å². The summed E-state index contributed by atoms with van der Waals surface area (Å²) in [5.74, 6) is 0.943. The van der Waals surface area contributed by atoms with Crippen LogP contribution in [0.3, 0.4) is 0 Å². The number of para-hydroxylation sites is 2. The average molecular weight is 401 g/mol. The van der Waals surface area contributed by atoms with Crippen LogP contribution in [0.25, 0.3) is 0 Å².